The molecule has 0 unspecified atom stereocenters. The van der Waals surface area contributed by atoms with Crippen LogP contribution in [0.5, 0.6) is 0 Å². The lowest BCUT2D eigenvalue weighted by Crippen LogP contribution is -2.42. The monoisotopic (exact) mass is 274 g/mol. The molecule has 1 N–H and O–H groups in total. The number of morpholine rings is 1. The number of ether oxygens (including phenoxy) is 1. The minimum absolute atomic E-state index is 0.272. The molecular formula is C9H10N2O6S. The normalized spacial score (nSPS) is 22.3. The van der Waals surface area contributed by atoms with E-state index in [-0.39, 0.29) is 13.1 Å². The summed E-state index contributed by atoms with van der Waals surface area (Å²) in [4.78, 5) is 23.3. The summed E-state index contributed by atoms with van der Waals surface area (Å²) in [5.41, 5.74) is -0.647. The van der Waals surface area contributed by atoms with Crippen LogP contribution in [0, 0.1) is 0 Å². The number of amides is 1. The fraction of sp³-hybridized carbons (Fsp3) is 0.444. The predicted octanol–water partition coefficient (Wildman–Crippen LogP) is -1.40. The van der Waals surface area contributed by atoms with Crippen LogP contribution in [0.25, 0.3) is 0 Å². The molecule has 2 heterocycles. The zero-order valence-electron chi connectivity index (χ0n) is 9.20. The first-order valence-corrected chi connectivity index (χ1v) is 6.53. The second-order valence-corrected chi connectivity index (χ2v) is 5.24. The van der Waals surface area contributed by atoms with Gasteiger partial charge in [-0.25, -0.2) is 4.79 Å². The second-order valence-electron chi connectivity index (χ2n) is 3.67. The van der Waals surface area contributed by atoms with Gasteiger partial charge in [0.15, 0.2) is 10.6 Å². The van der Waals surface area contributed by atoms with Gasteiger partial charge in [0.05, 0.1) is 13.2 Å². The van der Waals surface area contributed by atoms with Gasteiger partial charge in [-0.1, -0.05) is 0 Å². The van der Waals surface area contributed by atoms with Crippen molar-refractivity contribution >= 4 is 27.6 Å². The molecule has 18 heavy (non-hydrogen) atoms. The summed E-state index contributed by atoms with van der Waals surface area (Å²) in [5, 5.41) is 8.67. The molecule has 1 amide bonds. The van der Waals surface area contributed by atoms with Crippen molar-refractivity contribution in [2.24, 2.45) is 4.40 Å². The topological polar surface area (TPSA) is 113 Å². The van der Waals surface area contributed by atoms with Crippen molar-refractivity contribution in [2.45, 2.75) is 0 Å². The summed E-state index contributed by atoms with van der Waals surface area (Å²) in [6.45, 7) is 1.19. The first-order chi connectivity index (χ1) is 8.42. The van der Waals surface area contributed by atoms with Crippen LogP contribution < -0.4 is 0 Å². The molecule has 0 aliphatic carbocycles. The number of sulfonamides is 1. The van der Waals surface area contributed by atoms with Crippen LogP contribution in [0.15, 0.2) is 15.4 Å². The number of aliphatic carboxylic acids is 1. The van der Waals surface area contributed by atoms with Crippen molar-refractivity contribution < 1.29 is 27.9 Å². The maximum absolute atomic E-state index is 11.9. The fourth-order valence-electron chi connectivity index (χ4n) is 1.60. The van der Waals surface area contributed by atoms with E-state index in [1.165, 1.54) is 4.90 Å². The highest BCUT2D eigenvalue weighted by molar-refractivity contribution is 7.95. The number of nitrogens with zero attached hydrogens (tertiary/aromatic N) is 2. The zero-order valence-corrected chi connectivity index (χ0v) is 10.0. The standard InChI is InChI=1S/C9H10N2O6S/c12-8(11-1-3-17-4-2-11)7-5-6(9(13)14)10-18(7,15)16/h5H,1-4H2,(H,13,14). The molecule has 0 radical (unpaired) electrons. The van der Waals surface area contributed by atoms with E-state index in [4.69, 9.17) is 9.84 Å². The minimum atomic E-state index is -4.19. The fourth-order valence-corrected chi connectivity index (χ4v) is 2.70. The number of hydrogen-bond donors (Lipinski definition) is 1. The maximum Gasteiger partial charge on any atom is 0.355 e. The number of rotatable bonds is 2. The van der Waals surface area contributed by atoms with Gasteiger partial charge in [-0.15, -0.1) is 0 Å². The zero-order chi connectivity index (χ0) is 13.3. The van der Waals surface area contributed by atoms with Gasteiger partial charge in [0.25, 0.3) is 15.9 Å². The van der Waals surface area contributed by atoms with E-state index >= 15 is 0 Å². The summed E-state index contributed by atoms with van der Waals surface area (Å²) in [6, 6.07) is 0. The average Bonchev–Trinajstić information content (AvgIpc) is 2.65. The van der Waals surface area contributed by atoms with E-state index in [1.807, 2.05) is 0 Å². The highest BCUT2D eigenvalue weighted by atomic mass is 32.2. The van der Waals surface area contributed by atoms with E-state index < -0.39 is 32.5 Å². The Morgan fingerprint density at radius 3 is 2.44 bits per heavy atom. The van der Waals surface area contributed by atoms with Gasteiger partial charge in [0.1, 0.15) is 0 Å². The van der Waals surface area contributed by atoms with Crippen molar-refractivity contribution in [3.63, 3.8) is 0 Å². The molecule has 0 aromatic carbocycles. The predicted molar refractivity (Wildman–Crippen MR) is 59.5 cm³/mol. The molecular weight excluding hydrogens is 264 g/mol. The van der Waals surface area contributed by atoms with Gasteiger partial charge in [0, 0.05) is 13.1 Å². The van der Waals surface area contributed by atoms with E-state index in [0.29, 0.717) is 13.2 Å². The van der Waals surface area contributed by atoms with Crippen LogP contribution >= 0.6 is 0 Å². The third-order valence-corrected chi connectivity index (χ3v) is 3.78. The molecule has 2 aliphatic rings. The summed E-state index contributed by atoms with van der Waals surface area (Å²) in [6.07, 6.45) is 0.787. The average molecular weight is 274 g/mol. The quantitative estimate of drug-likeness (QED) is 0.662. The van der Waals surface area contributed by atoms with Crippen molar-refractivity contribution in [3.8, 4) is 0 Å². The highest BCUT2D eigenvalue weighted by Crippen LogP contribution is 2.20. The van der Waals surface area contributed by atoms with E-state index in [0.717, 1.165) is 6.08 Å². The molecule has 0 bridgehead atoms. The lowest BCUT2D eigenvalue weighted by atomic mass is 10.3. The number of carbonyl (C=O) groups is 2. The first kappa shape index (κ1) is 12.7. The van der Waals surface area contributed by atoms with Gasteiger partial charge in [-0.05, 0) is 6.08 Å². The summed E-state index contributed by atoms with van der Waals surface area (Å²) in [5.74, 6) is -2.22. The minimum Gasteiger partial charge on any atom is -0.476 e. The van der Waals surface area contributed by atoms with E-state index in [9.17, 15) is 18.0 Å². The Labute approximate surface area is 103 Å². The third-order valence-electron chi connectivity index (χ3n) is 2.49. The van der Waals surface area contributed by atoms with Crippen molar-refractivity contribution in [1.82, 2.24) is 4.90 Å². The molecule has 9 heteroatoms. The highest BCUT2D eigenvalue weighted by Gasteiger charge is 2.35. The Morgan fingerprint density at radius 2 is 1.94 bits per heavy atom. The SMILES string of the molecule is O=C(O)C1=NS(=O)(=O)C(C(=O)N2CCOCC2)=C1. The molecule has 0 aromatic rings. The molecule has 0 spiro atoms. The molecule has 0 atom stereocenters. The van der Waals surface area contributed by atoms with Crippen LogP contribution in [0.2, 0.25) is 0 Å². The van der Waals surface area contributed by atoms with Gasteiger partial charge in [-0.2, -0.15) is 12.8 Å². The van der Waals surface area contributed by atoms with Gasteiger partial charge >= 0.3 is 5.97 Å². The van der Waals surface area contributed by atoms with Crippen LogP contribution in [-0.4, -0.2) is 62.3 Å². The molecule has 2 aliphatic heterocycles. The third kappa shape index (κ3) is 2.27. The Morgan fingerprint density at radius 1 is 1.33 bits per heavy atom. The van der Waals surface area contributed by atoms with Gasteiger partial charge < -0.3 is 14.7 Å². The van der Waals surface area contributed by atoms with Gasteiger partial charge in [-0.3, -0.25) is 4.79 Å². The Bertz CT molecular complexity index is 556. The van der Waals surface area contributed by atoms with Crippen LogP contribution in [-0.2, 0) is 24.3 Å². The number of hydrogen-bond acceptors (Lipinski definition) is 5. The van der Waals surface area contributed by atoms with Crippen molar-refractivity contribution in [1.29, 1.82) is 0 Å². The number of carboxylic acid groups (broad SMARTS) is 1. The Kier molecular flexibility index (Phi) is 3.18. The lowest BCUT2D eigenvalue weighted by Gasteiger charge is -2.26. The molecule has 0 saturated carbocycles. The van der Waals surface area contributed by atoms with Crippen molar-refractivity contribution in [2.75, 3.05) is 26.3 Å². The maximum atomic E-state index is 11.9. The van der Waals surface area contributed by atoms with Gasteiger partial charge in [0.2, 0.25) is 0 Å². The smallest absolute Gasteiger partial charge is 0.355 e. The Balaban J connectivity index is 2.26. The molecule has 98 valence electrons. The molecule has 2 rings (SSSR count). The summed E-state index contributed by atoms with van der Waals surface area (Å²) < 4.78 is 31.2. The largest absolute Gasteiger partial charge is 0.476 e. The molecule has 1 saturated heterocycles. The van der Waals surface area contributed by atoms with Crippen LogP contribution in [0.1, 0.15) is 0 Å². The molecule has 1 fully saturated rings. The van der Waals surface area contributed by atoms with E-state index in [1.54, 1.807) is 0 Å². The summed E-state index contributed by atoms with van der Waals surface area (Å²) in [7, 11) is -4.19. The molecule has 0 aromatic heterocycles. The van der Waals surface area contributed by atoms with Crippen LogP contribution in [0.3, 0.4) is 0 Å². The van der Waals surface area contributed by atoms with Crippen molar-refractivity contribution in [3.05, 3.63) is 11.0 Å². The lowest BCUT2D eigenvalue weighted by molar-refractivity contribution is -0.130. The first-order valence-electron chi connectivity index (χ1n) is 5.09. The second kappa shape index (κ2) is 4.50. The Hall–Kier alpha value is -1.74. The summed E-state index contributed by atoms with van der Waals surface area (Å²) >= 11 is 0. The molecule has 8 nitrogen and oxygen atoms in total. The van der Waals surface area contributed by atoms with Crippen LogP contribution in [0.4, 0.5) is 0 Å². The number of carbonyl (C=O) groups excluding carboxylic acids is 1. The van der Waals surface area contributed by atoms with E-state index in [2.05, 4.69) is 4.40 Å². The number of carboxylic acids is 1.